The largest absolute Gasteiger partial charge is 0.493 e. The van der Waals surface area contributed by atoms with Crippen LogP contribution in [0, 0.1) is 0 Å². The third-order valence-corrected chi connectivity index (χ3v) is 3.43. The summed E-state index contributed by atoms with van der Waals surface area (Å²) in [6.45, 7) is 9.12. The summed E-state index contributed by atoms with van der Waals surface area (Å²) >= 11 is 0. The van der Waals surface area contributed by atoms with Crippen LogP contribution >= 0.6 is 0 Å². The number of halogens is 1. The van der Waals surface area contributed by atoms with Crippen LogP contribution in [-0.2, 0) is 11.2 Å². The number of carbonyl (C=O) groups excluding carboxylic acids is 1. The molecule has 1 N–H and O–H groups in total. The van der Waals surface area contributed by atoms with E-state index in [1.165, 1.54) is 0 Å². The smallest absolute Gasteiger partial charge is 0.408 e. The first kappa shape index (κ1) is 17.6. The van der Waals surface area contributed by atoms with Gasteiger partial charge < -0.3 is 14.8 Å². The molecule has 0 unspecified atom stereocenters. The maximum Gasteiger partial charge on any atom is 0.408 e. The van der Waals surface area contributed by atoms with E-state index in [1.807, 2.05) is 39.0 Å². The average Bonchev–Trinajstić information content (AvgIpc) is 2.35. The molecule has 0 aromatic heterocycles. The number of nitrogens with one attached hydrogen (secondary N) is 1. The standard InChI is InChI=1S/C18H26FNO3/c1-17(2,3)23-16(21)20-14-8-9-22-15-7-6-12(10-13(14)15)11-18(4,5)19/h6-7,10,14H,8-9,11H2,1-5H3,(H,20,21)/t14-/m0/s1. The number of amides is 1. The lowest BCUT2D eigenvalue weighted by Crippen LogP contribution is -2.36. The van der Waals surface area contributed by atoms with Crippen molar-refractivity contribution >= 4 is 6.09 Å². The summed E-state index contributed by atoms with van der Waals surface area (Å²) in [5.74, 6) is 0.734. The van der Waals surface area contributed by atoms with Crippen LogP contribution < -0.4 is 10.1 Å². The molecular weight excluding hydrogens is 297 g/mol. The highest BCUT2D eigenvalue weighted by atomic mass is 19.1. The molecule has 23 heavy (non-hydrogen) atoms. The monoisotopic (exact) mass is 323 g/mol. The minimum atomic E-state index is -1.28. The average molecular weight is 323 g/mol. The van der Waals surface area contributed by atoms with Crippen molar-refractivity contribution in [1.29, 1.82) is 0 Å². The van der Waals surface area contributed by atoms with Crippen LogP contribution in [0.15, 0.2) is 18.2 Å². The van der Waals surface area contributed by atoms with Gasteiger partial charge in [0.15, 0.2) is 0 Å². The Hall–Kier alpha value is -1.78. The summed E-state index contributed by atoms with van der Waals surface area (Å²) in [4.78, 5) is 12.0. The molecule has 1 aromatic rings. The van der Waals surface area contributed by atoms with Gasteiger partial charge in [0.1, 0.15) is 17.0 Å². The number of alkyl halides is 1. The van der Waals surface area contributed by atoms with Gasteiger partial charge in [0.2, 0.25) is 0 Å². The summed E-state index contributed by atoms with van der Waals surface area (Å²) in [5, 5.41) is 2.89. The zero-order valence-electron chi connectivity index (χ0n) is 14.5. The highest BCUT2D eigenvalue weighted by molar-refractivity contribution is 5.68. The normalized spacial score (nSPS) is 17.9. The molecule has 1 aliphatic heterocycles. The highest BCUT2D eigenvalue weighted by Gasteiger charge is 2.26. The Morgan fingerprint density at radius 3 is 2.65 bits per heavy atom. The number of rotatable bonds is 3. The van der Waals surface area contributed by atoms with Crippen LogP contribution in [0.2, 0.25) is 0 Å². The minimum Gasteiger partial charge on any atom is -0.493 e. The van der Waals surface area contributed by atoms with E-state index in [9.17, 15) is 9.18 Å². The zero-order chi connectivity index (χ0) is 17.3. The summed E-state index contributed by atoms with van der Waals surface area (Å²) in [5.41, 5.74) is -0.0580. The van der Waals surface area contributed by atoms with Crippen LogP contribution in [0.1, 0.15) is 58.2 Å². The molecule has 0 saturated carbocycles. The first-order chi connectivity index (χ1) is 10.5. The molecule has 128 valence electrons. The molecular formula is C18H26FNO3. The number of benzene rings is 1. The van der Waals surface area contributed by atoms with E-state index < -0.39 is 17.4 Å². The number of hydrogen-bond acceptors (Lipinski definition) is 3. The van der Waals surface area contributed by atoms with Gasteiger partial charge in [-0.3, -0.25) is 0 Å². The number of ether oxygens (including phenoxy) is 2. The molecule has 1 atom stereocenters. The van der Waals surface area contributed by atoms with Crippen molar-refractivity contribution in [2.45, 2.75) is 64.8 Å². The molecule has 0 bridgehead atoms. The third kappa shape index (κ3) is 5.41. The maximum atomic E-state index is 13.9. The van der Waals surface area contributed by atoms with Gasteiger partial charge in [-0.15, -0.1) is 0 Å². The second-order valence-corrected chi connectivity index (χ2v) is 7.60. The summed E-state index contributed by atoms with van der Waals surface area (Å²) < 4.78 is 24.8. The number of alkyl carbamates (subject to hydrolysis) is 1. The maximum absolute atomic E-state index is 13.9. The van der Waals surface area contributed by atoms with Crippen molar-refractivity contribution < 1.29 is 18.7 Å². The Labute approximate surface area is 137 Å². The van der Waals surface area contributed by atoms with Crippen molar-refractivity contribution in [2.24, 2.45) is 0 Å². The number of hydrogen-bond donors (Lipinski definition) is 1. The molecule has 4 nitrogen and oxygen atoms in total. The van der Waals surface area contributed by atoms with E-state index in [2.05, 4.69) is 5.32 Å². The minimum absolute atomic E-state index is 0.184. The molecule has 1 amide bonds. The van der Waals surface area contributed by atoms with Gasteiger partial charge in [-0.05, 0) is 52.3 Å². The third-order valence-electron chi connectivity index (χ3n) is 3.43. The molecule has 0 fully saturated rings. The lowest BCUT2D eigenvalue weighted by molar-refractivity contribution is 0.0490. The molecule has 1 heterocycles. The van der Waals surface area contributed by atoms with Crippen molar-refractivity contribution in [3.8, 4) is 5.75 Å². The molecule has 0 spiro atoms. The van der Waals surface area contributed by atoms with Gasteiger partial charge in [-0.25, -0.2) is 9.18 Å². The van der Waals surface area contributed by atoms with E-state index in [0.717, 1.165) is 16.9 Å². The lowest BCUT2D eigenvalue weighted by atomic mass is 9.94. The van der Waals surface area contributed by atoms with Crippen molar-refractivity contribution in [2.75, 3.05) is 6.61 Å². The fraction of sp³-hybridized carbons (Fsp3) is 0.611. The number of carbonyl (C=O) groups is 1. The quantitative estimate of drug-likeness (QED) is 0.901. The van der Waals surface area contributed by atoms with E-state index in [0.29, 0.717) is 19.4 Å². The Kier molecular flexibility index (Phi) is 4.87. The van der Waals surface area contributed by atoms with Crippen molar-refractivity contribution in [1.82, 2.24) is 5.32 Å². The van der Waals surface area contributed by atoms with Crippen molar-refractivity contribution in [3.05, 3.63) is 29.3 Å². The first-order valence-corrected chi connectivity index (χ1v) is 7.97. The molecule has 1 aromatic carbocycles. The molecule has 0 radical (unpaired) electrons. The van der Waals surface area contributed by atoms with E-state index in [1.54, 1.807) is 13.8 Å². The van der Waals surface area contributed by atoms with E-state index in [4.69, 9.17) is 9.47 Å². The Bertz CT molecular complexity index is 573. The predicted octanol–water partition coefficient (Wildman–Crippen LogP) is 4.33. The number of fused-ring (bicyclic) bond motifs is 1. The molecule has 1 aliphatic rings. The van der Waals surface area contributed by atoms with Crippen LogP contribution in [0.3, 0.4) is 0 Å². The fourth-order valence-corrected chi connectivity index (χ4v) is 2.64. The van der Waals surface area contributed by atoms with E-state index in [-0.39, 0.29) is 6.04 Å². The second-order valence-electron chi connectivity index (χ2n) is 7.60. The summed E-state index contributed by atoms with van der Waals surface area (Å²) in [6, 6.07) is 5.45. The SMILES string of the molecule is CC(C)(F)Cc1ccc2c(c1)[C@@H](NC(=O)OC(C)(C)C)CCO2. The zero-order valence-corrected chi connectivity index (χ0v) is 14.5. The Morgan fingerprint density at radius 2 is 2.04 bits per heavy atom. The van der Waals surface area contributed by atoms with Crippen LogP contribution in [-0.4, -0.2) is 24.0 Å². The van der Waals surface area contributed by atoms with Gasteiger partial charge in [0.05, 0.1) is 12.6 Å². The van der Waals surface area contributed by atoms with Crippen molar-refractivity contribution in [3.63, 3.8) is 0 Å². The Balaban J connectivity index is 2.16. The predicted molar refractivity (Wildman–Crippen MR) is 87.6 cm³/mol. The molecule has 0 aliphatic carbocycles. The first-order valence-electron chi connectivity index (χ1n) is 7.97. The lowest BCUT2D eigenvalue weighted by Gasteiger charge is -2.29. The highest BCUT2D eigenvalue weighted by Crippen LogP contribution is 2.34. The van der Waals surface area contributed by atoms with Gasteiger partial charge in [-0.2, -0.15) is 0 Å². The molecule has 2 rings (SSSR count). The van der Waals surface area contributed by atoms with Crippen LogP contribution in [0.5, 0.6) is 5.75 Å². The van der Waals surface area contributed by atoms with Crippen LogP contribution in [0.4, 0.5) is 9.18 Å². The van der Waals surface area contributed by atoms with Gasteiger partial charge in [0, 0.05) is 18.4 Å². The summed E-state index contributed by atoms with van der Waals surface area (Å²) in [6.07, 6.45) is 0.528. The molecule has 5 heteroatoms. The topological polar surface area (TPSA) is 47.6 Å². The molecule has 0 saturated heterocycles. The second kappa shape index (κ2) is 6.38. The summed E-state index contributed by atoms with van der Waals surface area (Å²) in [7, 11) is 0. The fourth-order valence-electron chi connectivity index (χ4n) is 2.64. The van der Waals surface area contributed by atoms with Gasteiger partial charge in [0.25, 0.3) is 0 Å². The van der Waals surface area contributed by atoms with E-state index >= 15 is 0 Å². The van der Waals surface area contributed by atoms with Gasteiger partial charge >= 0.3 is 6.09 Å². The Morgan fingerprint density at radius 1 is 1.35 bits per heavy atom. The van der Waals surface area contributed by atoms with Gasteiger partial charge in [-0.1, -0.05) is 6.07 Å². The van der Waals surface area contributed by atoms with Crippen LogP contribution in [0.25, 0.3) is 0 Å².